The van der Waals surface area contributed by atoms with Crippen LogP contribution in [-0.2, 0) is 25.7 Å². The lowest BCUT2D eigenvalue weighted by Gasteiger charge is -2.30. The minimum absolute atomic E-state index is 0.00681. The number of carbonyl (C=O) groups is 5. The lowest BCUT2D eigenvalue weighted by molar-refractivity contribution is -0.144. The Kier molecular flexibility index (Phi) is 9.95. The fourth-order valence-electron chi connectivity index (χ4n) is 3.38. The Bertz CT molecular complexity index is 1060. The molecule has 0 aliphatic heterocycles. The first-order valence-electron chi connectivity index (χ1n) is 11.1. The fraction of sp³-hybridized carbons (Fsp3) is 0.320. The quantitative estimate of drug-likeness (QED) is 0.261. The van der Waals surface area contributed by atoms with Crippen LogP contribution in [0.15, 0.2) is 54.6 Å². The minimum Gasteiger partial charge on any atom is -0.480 e. The van der Waals surface area contributed by atoms with Crippen LogP contribution in [0.1, 0.15) is 36.2 Å². The van der Waals surface area contributed by atoms with Gasteiger partial charge in [-0.25, -0.2) is 4.79 Å². The van der Waals surface area contributed by atoms with Gasteiger partial charge < -0.3 is 31.2 Å². The van der Waals surface area contributed by atoms with Crippen molar-refractivity contribution in [2.24, 2.45) is 5.92 Å². The summed E-state index contributed by atoms with van der Waals surface area (Å²) in [5.41, 5.74) is 7.33. The molecule has 2 rings (SSSR count). The van der Waals surface area contributed by atoms with Gasteiger partial charge in [0.1, 0.15) is 18.4 Å². The summed E-state index contributed by atoms with van der Waals surface area (Å²) in [4.78, 5) is 62.2. The highest BCUT2D eigenvalue weighted by atomic mass is 16.4. The van der Waals surface area contributed by atoms with Crippen LogP contribution < -0.4 is 16.4 Å². The van der Waals surface area contributed by atoms with E-state index in [4.69, 9.17) is 5.73 Å². The molecule has 0 aliphatic rings. The van der Waals surface area contributed by atoms with Gasteiger partial charge in [0.05, 0.1) is 6.54 Å². The number of benzene rings is 2. The third kappa shape index (κ3) is 8.26. The van der Waals surface area contributed by atoms with E-state index < -0.39 is 48.7 Å². The van der Waals surface area contributed by atoms with Crippen molar-refractivity contribution in [2.75, 3.05) is 12.3 Å². The molecule has 10 nitrogen and oxygen atoms in total. The van der Waals surface area contributed by atoms with Gasteiger partial charge in [0.2, 0.25) is 11.8 Å². The topological polar surface area (TPSA) is 159 Å². The molecule has 35 heavy (non-hydrogen) atoms. The second kappa shape index (κ2) is 12.9. The number of amides is 3. The monoisotopic (exact) mass is 482 g/mol. The number of hydrogen-bond acceptors (Lipinski definition) is 6. The Morgan fingerprint density at radius 1 is 1.03 bits per heavy atom. The predicted octanol–water partition coefficient (Wildman–Crippen LogP) is 1.21. The maximum Gasteiger partial charge on any atom is 0.326 e. The standard InChI is InChI=1S/C25H30N4O6/c1-16(2)22(28-23(32)18-8-4-3-5-9-18)24(33)29(14-17-7-6-10-19(26)13-17)15-21(31)27-20(11-12-30)25(34)35/h3-10,12-13,16,20,22H,11,14-15,26H2,1-2H3,(H,27,31)(H,28,32)(H,34,35)/t20-,22-/m0/s1. The number of nitrogens with zero attached hydrogens (tertiary/aromatic N) is 1. The molecule has 0 heterocycles. The van der Waals surface area contributed by atoms with E-state index in [0.29, 0.717) is 23.1 Å². The Morgan fingerprint density at radius 3 is 2.29 bits per heavy atom. The number of carboxylic acids is 1. The molecule has 0 bridgehead atoms. The summed E-state index contributed by atoms with van der Waals surface area (Å²) in [5, 5.41) is 14.2. The first-order valence-corrected chi connectivity index (χ1v) is 11.1. The van der Waals surface area contributed by atoms with E-state index in [1.807, 2.05) is 0 Å². The van der Waals surface area contributed by atoms with Crippen molar-refractivity contribution in [2.45, 2.75) is 38.9 Å². The van der Waals surface area contributed by atoms with Crippen molar-refractivity contribution < 1.29 is 29.1 Å². The van der Waals surface area contributed by atoms with Crippen molar-refractivity contribution in [1.29, 1.82) is 0 Å². The molecule has 2 aromatic rings. The van der Waals surface area contributed by atoms with Gasteiger partial charge in [0.15, 0.2) is 0 Å². The zero-order valence-electron chi connectivity index (χ0n) is 19.6. The highest BCUT2D eigenvalue weighted by molar-refractivity contribution is 5.98. The van der Waals surface area contributed by atoms with Crippen LogP contribution in [0.3, 0.4) is 0 Å². The highest BCUT2D eigenvalue weighted by Gasteiger charge is 2.31. The zero-order valence-corrected chi connectivity index (χ0v) is 19.6. The molecule has 0 aliphatic carbocycles. The molecule has 3 amide bonds. The normalized spacial score (nSPS) is 12.3. The van der Waals surface area contributed by atoms with Gasteiger partial charge in [-0.2, -0.15) is 0 Å². The average molecular weight is 483 g/mol. The van der Waals surface area contributed by atoms with Gasteiger partial charge in [-0.3, -0.25) is 14.4 Å². The van der Waals surface area contributed by atoms with E-state index >= 15 is 0 Å². The largest absolute Gasteiger partial charge is 0.480 e. The van der Waals surface area contributed by atoms with Crippen LogP contribution in [0.25, 0.3) is 0 Å². The maximum absolute atomic E-state index is 13.5. The molecule has 0 spiro atoms. The maximum atomic E-state index is 13.5. The molecular weight excluding hydrogens is 452 g/mol. The molecule has 0 saturated heterocycles. The van der Waals surface area contributed by atoms with Crippen molar-refractivity contribution in [3.63, 3.8) is 0 Å². The first-order chi connectivity index (χ1) is 16.6. The molecule has 0 saturated carbocycles. The fourth-order valence-corrected chi connectivity index (χ4v) is 3.38. The minimum atomic E-state index is -1.41. The molecule has 186 valence electrons. The molecular formula is C25H30N4O6. The lowest BCUT2D eigenvalue weighted by Crippen LogP contribution is -2.54. The molecule has 2 atom stereocenters. The van der Waals surface area contributed by atoms with Crippen molar-refractivity contribution in [1.82, 2.24) is 15.5 Å². The molecule has 0 radical (unpaired) electrons. The number of hydrogen-bond donors (Lipinski definition) is 4. The van der Waals surface area contributed by atoms with Crippen molar-refractivity contribution in [3.05, 3.63) is 65.7 Å². The third-order valence-corrected chi connectivity index (χ3v) is 5.19. The molecule has 0 unspecified atom stereocenters. The van der Waals surface area contributed by atoms with Gasteiger partial charge in [0.25, 0.3) is 5.91 Å². The summed E-state index contributed by atoms with van der Waals surface area (Å²) >= 11 is 0. The van der Waals surface area contributed by atoms with Crippen LogP contribution in [0.2, 0.25) is 0 Å². The van der Waals surface area contributed by atoms with Gasteiger partial charge in [-0.05, 0) is 35.7 Å². The summed E-state index contributed by atoms with van der Waals surface area (Å²) in [5.74, 6) is -3.40. The van der Waals surface area contributed by atoms with Crippen LogP contribution in [0.4, 0.5) is 5.69 Å². The zero-order chi connectivity index (χ0) is 26.0. The number of nitrogens with one attached hydrogen (secondary N) is 2. The third-order valence-electron chi connectivity index (χ3n) is 5.19. The molecule has 10 heteroatoms. The van der Waals surface area contributed by atoms with E-state index in [0.717, 1.165) is 0 Å². The Morgan fingerprint density at radius 2 is 1.71 bits per heavy atom. The summed E-state index contributed by atoms with van der Waals surface area (Å²) < 4.78 is 0. The van der Waals surface area contributed by atoms with Gasteiger partial charge in [0, 0.05) is 24.2 Å². The number of anilines is 1. The first kappa shape index (κ1) is 27.0. The van der Waals surface area contributed by atoms with E-state index in [1.54, 1.807) is 68.4 Å². The second-order valence-corrected chi connectivity index (χ2v) is 8.36. The number of aliphatic carboxylic acids is 1. The predicted molar refractivity (Wildman–Crippen MR) is 129 cm³/mol. The SMILES string of the molecule is CC(C)[C@H](NC(=O)c1ccccc1)C(=O)N(CC(=O)N[C@@H](CC=O)C(=O)O)Cc1cccc(N)c1. The average Bonchev–Trinajstić information content (AvgIpc) is 2.81. The number of nitrogen functional groups attached to an aromatic ring is 1. The smallest absolute Gasteiger partial charge is 0.326 e. The summed E-state index contributed by atoms with van der Waals surface area (Å²) in [6.07, 6.45) is -0.0192. The van der Waals surface area contributed by atoms with Crippen LogP contribution in [-0.4, -0.2) is 58.6 Å². The molecule has 2 aromatic carbocycles. The van der Waals surface area contributed by atoms with Gasteiger partial charge in [-0.15, -0.1) is 0 Å². The van der Waals surface area contributed by atoms with E-state index in [-0.39, 0.29) is 12.5 Å². The molecule has 0 fully saturated rings. The van der Waals surface area contributed by atoms with Gasteiger partial charge in [-0.1, -0.05) is 44.2 Å². The summed E-state index contributed by atoms with van der Waals surface area (Å²) in [7, 11) is 0. The molecule has 0 aromatic heterocycles. The number of rotatable bonds is 12. The van der Waals surface area contributed by atoms with Crippen LogP contribution >= 0.6 is 0 Å². The Hall–Kier alpha value is -4.21. The van der Waals surface area contributed by atoms with Crippen LogP contribution in [0, 0.1) is 5.92 Å². The van der Waals surface area contributed by atoms with Crippen molar-refractivity contribution >= 4 is 35.7 Å². The second-order valence-electron chi connectivity index (χ2n) is 8.36. The van der Waals surface area contributed by atoms with Crippen LogP contribution in [0.5, 0.6) is 0 Å². The van der Waals surface area contributed by atoms with E-state index in [1.165, 1.54) is 4.90 Å². The summed E-state index contributed by atoms with van der Waals surface area (Å²) in [6, 6.07) is 12.8. The van der Waals surface area contributed by atoms with Gasteiger partial charge >= 0.3 is 5.97 Å². The number of carboxylic acid groups (broad SMARTS) is 1. The number of aldehydes is 1. The molecule has 5 N–H and O–H groups in total. The van der Waals surface area contributed by atoms with E-state index in [2.05, 4.69) is 10.6 Å². The number of carbonyl (C=O) groups excluding carboxylic acids is 4. The lowest BCUT2D eigenvalue weighted by atomic mass is 10.0. The Balaban J connectivity index is 2.28. The van der Waals surface area contributed by atoms with Crippen molar-refractivity contribution in [3.8, 4) is 0 Å². The summed E-state index contributed by atoms with van der Waals surface area (Å²) in [6.45, 7) is 3.03. The number of nitrogens with two attached hydrogens (primary N) is 1. The Labute approximate surface area is 203 Å². The highest BCUT2D eigenvalue weighted by Crippen LogP contribution is 2.14. The van der Waals surface area contributed by atoms with E-state index in [9.17, 15) is 29.1 Å².